The number of carbonyl (C=O) groups is 1. The van der Waals surface area contributed by atoms with Gasteiger partial charge in [0.15, 0.2) is 11.5 Å². The Morgan fingerprint density at radius 1 is 1.06 bits per heavy atom. The maximum Gasteiger partial charge on any atom is 0.238 e. The Morgan fingerprint density at radius 3 is 2.59 bits per heavy atom. The van der Waals surface area contributed by atoms with E-state index in [1.54, 1.807) is 18.2 Å². The molecule has 9 nitrogen and oxygen atoms in total. The van der Waals surface area contributed by atoms with Gasteiger partial charge in [-0.2, -0.15) is 0 Å². The zero-order valence-electron chi connectivity index (χ0n) is 19.3. The number of hydrogen-bond donors (Lipinski definition) is 1. The maximum absolute atomic E-state index is 12.8. The highest BCUT2D eigenvalue weighted by Crippen LogP contribution is 2.32. The van der Waals surface area contributed by atoms with Crippen molar-refractivity contribution in [2.45, 2.75) is 6.61 Å². The van der Waals surface area contributed by atoms with Crippen molar-refractivity contribution in [2.24, 2.45) is 5.92 Å². The normalized spacial score (nSPS) is 19.4. The van der Waals surface area contributed by atoms with Gasteiger partial charge < -0.3 is 19.5 Å². The van der Waals surface area contributed by atoms with E-state index in [0.717, 1.165) is 5.56 Å². The summed E-state index contributed by atoms with van der Waals surface area (Å²) in [6.07, 6.45) is 1.22. The van der Waals surface area contributed by atoms with Gasteiger partial charge in [0.25, 0.3) is 0 Å². The van der Waals surface area contributed by atoms with Crippen LogP contribution in [0.3, 0.4) is 0 Å². The van der Waals surface area contributed by atoms with E-state index in [-0.39, 0.29) is 18.4 Å². The molecule has 1 amide bonds. The summed E-state index contributed by atoms with van der Waals surface area (Å²) in [6, 6.07) is 15.1. The standard InChI is InChI=1S/C24H31N3O6S/c1-34(29,30)27-10-9-26(14-20(15-27)18-31-17-19-5-3-2-4-6-19)16-24(28)25-21-7-8-22-23(13-21)33-12-11-32-22/h2-8,13,20H,9-12,14-18H2,1H3,(H,25,28)/t20-/m1/s1. The number of rotatable bonds is 8. The summed E-state index contributed by atoms with van der Waals surface area (Å²) in [7, 11) is -3.34. The van der Waals surface area contributed by atoms with Gasteiger partial charge in [-0.15, -0.1) is 0 Å². The van der Waals surface area contributed by atoms with E-state index in [0.29, 0.717) is 69.8 Å². The first-order valence-corrected chi connectivity index (χ1v) is 13.2. The molecular weight excluding hydrogens is 458 g/mol. The number of amides is 1. The van der Waals surface area contributed by atoms with E-state index in [4.69, 9.17) is 14.2 Å². The highest BCUT2D eigenvalue weighted by Gasteiger charge is 2.28. The molecule has 0 spiro atoms. The van der Waals surface area contributed by atoms with Crippen LogP contribution in [-0.2, 0) is 26.2 Å². The zero-order valence-corrected chi connectivity index (χ0v) is 20.1. The second-order valence-corrected chi connectivity index (χ2v) is 10.6. The number of hydrogen-bond acceptors (Lipinski definition) is 7. The van der Waals surface area contributed by atoms with Crippen LogP contribution in [0.25, 0.3) is 0 Å². The molecule has 2 aromatic rings. The Bertz CT molecular complexity index is 1080. The van der Waals surface area contributed by atoms with Crippen molar-refractivity contribution in [3.05, 3.63) is 54.1 Å². The van der Waals surface area contributed by atoms with Crippen LogP contribution in [0, 0.1) is 5.92 Å². The summed E-state index contributed by atoms with van der Waals surface area (Å²) in [5, 5.41) is 2.90. The third-order valence-electron chi connectivity index (χ3n) is 5.77. The van der Waals surface area contributed by atoms with Gasteiger partial charge in [-0.05, 0) is 17.7 Å². The molecule has 0 bridgehead atoms. The Kier molecular flexibility index (Phi) is 8.04. The van der Waals surface area contributed by atoms with Crippen molar-refractivity contribution < 1.29 is 27.4 Å². The Morgan fingerprint density at radius 2 is 1.82 bits per heavy atom. The van der Waals surface area contributed by atoms with Crippen LogP contribution in [0.1, 0.15) is 5.56 Å². The number of anilines is 1. The molecule has 0 aromatic heterocycles. The van der Waals surface area contributed by atoms with Crippen LogP contribution < -0.4 is 14.8 Å². The van der Waals surface area contributed by atoms with Crippen LogP contribution >= 0.6 is 0 Å². The average molecular weight is 490 g/mol. The van der Waals surface area contributed by atoms with Crippen LogP contribution in [-0.4, -0.2) is 82.3 Å². The van der Waals surface area contributed by atoms with Crippen molar-refractivity contribution in [1.29, 1.82) is 0 Å². The van der Waals surface area contributed by atoms with E-state index in [1.807, 2.05) is 35.2 Å². The summed E-state index contributed by atoms with van der Waals surface area (Å²) >= 11 is 0. The lowest BCUT2D eigenvalue weighted by Gasteiger charge is -2.24. The van der Waals surface area contributed by atoms with Gasteiger partial charge in [-0.25, -0.2) is 12.7 Å². The van der Waals surface area contributed by atoms with E-state index >= 15 is 0 Å². The Labute approximate surface area is 200 Å². The molecule has 10 heteroatoms. The lowest BCUT2D eigenvalue weighted by molar-refractivity contribution is -0.117. The number of benzene rings is 2. The third kappa shape index (κ3) is 6.92. The van der Waals surface area contributed by atoms with Crippen LogP contribution in [0.15, 0.2) is 48.5 Å². The van der Waals surface area contributed by atoms with Crippen LogP contribution in [0.5, 0.6) is 11.5 Å². The molecule has 184 valence electrons. The fourth-order valence-corrected chi connectivity index (χ4v) is 5.03. The smallest absolute Gasteiger partial charge is 0.238 e. The van der Waals surface area contributed by atoms with Crippen molar-refractivity contribution in [2.75, 3.05) is 64.1 Å². The van der Waals surface area contributed by atoms with Crippen molar-refractivity contribution in [3.8, 4) is 11.5 Å². The number of carbonyl (C=O) groups excluding carboxylic acids is 1. The molecule has 1 saturated heterocycles. The molecule has 0 unspecified atom stereocenters. The van der Waals surface area contributed by atoms with Gasteiger partial charge in [0.1, 0.15) is 13.2 Å². The SMILES string of the molecule is CS(=O)(=O)N1CCN(CC(=O)Nc2ccc3c(c2)OCCO3)C[C@@H](COCc2ccccc2)C1. The Balaban J connectivity index is 1.35. The number of nitrogens with one attached hydrogen (secondary N) is 1. The van der Waals surface area contributed by atoms with Gasteiger partial charge in [0, 0.05) is 43.9 Å². The number of fused-ring (bicyclic) bond motifs is 1. The van der Waals surface area contributed by atoms with Gasteiger partial charge in [0.2, 0.25) is 15.9 Å². The molecule has 4 rings (SSSR count). The summed E-state index contributed by atoms with van der Waals surface area (Å²) in [6.45, 7) is 3.74. The molecule has 0 radical (unpaired) electrons. The number of sulfonamides is 1. The van der Waals surface area contributed by atoms with Gasteiger partial charge in [-0.1, -0.05) is 30.3 Å². The molecule has 1 atom stereocenters. The molecule has 0 aliphatic carbocycles. The summed E-state index contributed by atoms with van der Waals surface area (Å²) in [4.78, 5) is 14.7. The quantitative estimate of drug-likeness (QED) is 0.604. The summed E-state index contributed by atoms with van der Waals surface area (Å²) < 4.78 is 42.9. The molecule has 0 saturated carbocycles. The van der Waals surface area contributed by atoms with Gasteiger partial charge in [-0.3, -0.25) is 9.69 Å². The van der Waals surface area contributed by atoms with Crippen molar-refractivity contribution in [3.63, 3.8) is 0 Å². The largest absolute Gasteiger partial charge is 0.486 e. The monoisotopic (exact) mass is 489 g/mol. The van der Waals surface area contributed by atoms with Gasteiger partial charge >= 0.3 is 0 Å². The minimum absolute atomic E-state index is 0.0527. The summed E-state index contributed by atoms with van der Waals surface area (Å²) in [5.74, 6) is 1.05. The van der Waals surface area contributed by atoms with Gasteiger partial charge in [0.05, 0.1) is 26.0 Å². The highest BCUT2D eigenvalue weighted by molar-refractivity contribution is 7.88. The minimum atomic E-state index is -3.34. The topological polar surface area (TPSA) is 97.4 Å². The van der Waals surface area contributed by atoms with E-state index in [2.05, 4.69) is 5.32 Å². The van der Waals surface area contributed by atoms with Crippen LogP contribution in [0.2, 0.25) is 0 Å². The minimum Gasteiger partial charge on any atom is -0.486 e. The van der Waals surface area contributed by atoms with Crippen molar-refractivity contribution >= 4 is 21.6 Å². The maximum atomic E-state index is 12.8. The molecule has 1 N–H and O–H groups in total. The van der Waals surface area contributed by atoms with E-state index in [1.165, 1.54) is 10.6 Å². The fourth-order valence-electron chi connectivity index (χ4n) is 4.14. The fraction of sp³-hybridized carbons (Fsp3) is 0.458. The van der Waals surface area contributed by atoms with Crippen molar-refractivity contribution in [1.82, 2.24) is 9.21 Å². The molecule has 2 aliphatic heterocycles. The second-order valence-electron chi connectivity index (χ2n) is 8.63. The average Bonchev–Trinajstić information content (AvgIpc) is 3.02. The van der Waals surface area contributed by atoms with Crippen LogP contribution in [0.4, 0.5) is 5.69 Å². The van der Waals surface area contributed by atoms with E-state index in [9.17, 15) is 13.2 Å². The molecular formula is C24H31N3O6S. The molecule has 2 aromatic carbocycles. The zero-order chi connectivity index (χ0) is 24.0. The molecule has 34 heavy (non-hydrogen) atoms. The second kappa shape index (κ2) is 11.2. The number of nitrogens with zero attached hydrogens (tertiary/aromatic N) is 2. The highest BCUT2D eigenvalue weighted by atomic mass is 32.2. The molecule has 2 heterocycles. The predicted molar refractivity (Wildman–Crippen MR) is 129 cm³/mol. The summed E-state index contributed by atoms with van der Waals surface area (Å²) in [5.41, 5.74) is 1.69. The first-order chi connectivity index (χ1) is 16.4. The van der Waals surface area contributed by atoms with E-state index < -0.39 is 10.0 Å². The lowest BCUT2D eigenvalue weighted by atomic mass is 10.1. The number of ether oxygens (including phenoxy) is 3. The predicted octanol–water partition coefficient (Wildman–Crippen LogP) is 1.81. The molecule has 1 fully saturated rings. The third-order valence-corrected chi connectivity index (χ3v) is 7.04. The Hall–Kier alpha value is -2.66. The first-order valence-electron chi connectivity index (χ1n) is 11.4. The lowest BCUT2D eigenvalue weighted by Crippen LogP contribution is -2.38. The first kappa shape index (κ1) is 24.5. The molecule has 2 aliphatic rings.